The van der Waals surface area contributed by atoms with Gasteiger partial charge in [-0.2, -0.15) is 8.75 Å². The minimum Gasteiger partial charge on any atom is -0.406 e. The van der Waals surface area contributed by atoms with Gasteiger partial charge in [0.1, 0.15) is 11.0 Å². The van der Waals surface area contributed by atoms with Crippen molar-refractivity contribution in [2.75, 3.05) is 11.9 Å². The second-order valence-corrected chi connectivity index (χ2v) is 5.29. The van der Waals surface area contributed by atoms with E-state index in [1.165, 1.54) is 0 Å². The van der Waals surface area contributed by atoms with E-state index >= 15 is 0 Å². The van der Waals surface area contributed by atoms with Crippen LogP contribution in [0.4, 0.5) is 11.7 Å². The Morgan fingerprint density at radius 1 is 1.29 bits per heavy atom. The largest absolute Gasteiger partial charge is 0.406 e. The van der Waals surface area contributed by atoms with Gasteiger partial charge in [-0.15, -0.1) is 5.10 Å². The third-order valence-corrected chi connectivity index (χ3v) is 3.64. The van der Waals surface area contributed by atoms with Crippen LogP contribution in [-0.4, -0.2) is 25.5 Å². The summed E-state index contributed by atoms with van der Waals surface area (Å²) in [6.07, 6.45) is 1.05. The van der Waals surface area contributed by atoms with E-state index in [-0.39, 0.29) is 6.01 Å². The van der Waals surface area contributed by atoms with Crippen molar-refractivity contribution in [2.24, 2.45) is 0 Å². The number of nitrogens with one attached hydrogen (secondary N) is 2. The van der Waals surface area contributed by atoms with Crippen molar-refractivity contribution < 1.29 is 4.42 Å². The maximum absolute atomic E-state index is 6.19. The molecule has 1 aromatic carbocycles. The van der Waals surface area contributed by atoms with Gasteiger partial charge in [0.05, 0.1) is 29.0 Å². The Bertz CT molecular complexity index is 742. The fraction of sp³-hybridized carbons (Fsp3) is 0.333. The molecule has 0 bridgehead atoms. The Morgan fingerprint density at radius 2 is 2.19 bits per heavy atom. The summed E-state index contributed by atoms with van der Waals surface area (Å²) in [4.78, 5) is 0. The molecule has 0 aliphatic heterocycles. The number of fused-ring (bicyclic) bond motifs is 1. The summed E-state index contributed by atoms with van der Waals surface area (Å²) in [5, 5.41) is 14.7. The normalized spacial score (nSPS) is 11.1. The molecule has 7 nitrogen and oxygen atoms in total. The van der Waals surface area contributed by atoms with E-state index < -0.39 is 0 Å². The molecule has 0 fully saturated rings. The Morgan fingerprint density at radius 3 is 3.05 bits per heavy atom. The first kappa shape index (κ1) is 14.2. The number of hydrogen-bond donors (Lipinski definition) is 2. The lowest BCUT2D eigenvalue weighted by Gasteiger charge is -2.04. The molecule has 0 aliphatic rings. The van der Waals surface area contributed by atoms with Gasteiger partial charge >= 0.3 is 6.01 Å². The van der Waals surface area contributed by atoms with Crippen LogP contribution < -0.4 is 10.6 Å². The Hall–Kier alpha value is -1.77. The molecule has 2 N–H and O–H groups in total. The molecular formula is C12H13ClN6OS. The van der Waals surface area contributed by atoms with Gasteiger partial charge in [0, 0.05) is 0 Å². The summed E-state index contributed by atoms with van der Waals surface area (Å²) < 4.78 is 13.9. The Balaban J connectivity index is 1.79. The lowest BCUT2D eigenvalue weighted by atomic mass is 10.2. The number of anilines is 2. The van der Waals surface area contributed by atoms with Gasteiger partial charge in [-0.3, -0.25) is 0 Å². The van der Waals surface area contributed by atoms with Crippen molar-refractivity contribution in [1.82, 2.24) is 24.3 Å². The fourth-order valence-electron chi connectivity index (χ4n) is 1.80. The molecule has 0 amide bonds. The van der Waals surface area contributed by atoms with Gasteiger partial charge in [-0.25, -0.2) is 0 Å². The number of nitrogens with zero attached hydrogens (tertiary/aromatic N) is 4. The van der Waals surface area contributed by atoms with Crippen LogP contribution >= 0.6 is 23.3 Å². The van der Waals surface area contributed by atoms with Gasteiger partial charge in [0.2, 0.25) is 5.89 Å². The molecule has 3 rings (SSSR count). The first-order valence-electron chi connectivity index (χ1n) is 6.49. The van der Waals surface area contributed by atoms with Crippen LogP contribution in [0.2, 0.25) is 5.02 Å². The lowest BCUT2D eigenvalue weighted by molar-refractivity contribution is 0.480. The zero-order valence-electron chi connectivity index (χ0n) is 11.3. The smallest absolute Gasteiger partial charge is 0.320 e. The molecule has 9 heteroatoms. The molecule has 0 aliphatic carbocycles. The zero-order chi connectivity index (χ0) is 14.7. The summed E-state index contributed by atoms with van der Waals surface area (Å²) in [5.41, 5.74) is 2.09. The van der Waals surface area contributed by atoms with Crippen molar-refractivity contribution in [3.05, 3.63) is 23.0 Å². The van der Waals surface area contributed by atoms with E-state index in [4.69, 9.17) is 16.0 Å². The molecule has 0 spiro atoms. The standard InChI is InChI=1S/C12H13ClN6OS/c1-2-5-14-6-9-16-17-12(20-9)15-10-7(13)3-4-8-11(10)19-21-18-8/h3-4,14H,2,5-6H2,1H3,(H,15,17). The summed E-state index contributed by atoms with van der Waals surface area (Å²) >= 11 is 7.32. The van der Waals surface area contributed by atoms with E-state index in [1.807, 2.05) is 6.07 Å². The first-order valence-corrected chi connectivity index (χ1v) is 7.59. The SMILES string of the molecule is CCCNCc1nnc(Nc2c(Cl)ccc3nsnc23)o1. The highest BCUT2D eigenvalue weighted by atomic mass is 35.5. The molecule has 21 heavy (non-hydrogen) atoms. The predicted molar refractivity (Wildman–Crippen MR) is 82.0 cm³/mol. The van der Waals surface area contributed by atoms with Gasteiger partial charge in [-0.05, 0) is 25.1 Å². The minimum absolute atomic E-state index is 0.283. The molecule has 3 aromatic rings. The van der Waals surface area contributed by atoms with Crippen LogP contribution in [0.5, 0.6) is 0 Å². The quantitative estimate of drug-likeness (QED) is 0.674. The molecule has 2 heterocycles. The number of rotatable bonds is 6. The molecule has 0 saturated heterocycles. The zero-order valence-corrected chi connectivity index (χ0v) is 12.8. The van der Waals surface area contributed by atoms with Crippen molar-refractivity contribution >= 4 is 46.1 Å². The number of aromatic nitrogens is 4. The fourth-order valence-corrected chi connectivity index (χ4v) is 2.54. The summed E-state index contributed by atoms with van der Waals surface area (Å²) in [5.74, 6) is 0.519. The molecule has 0 atom stereocenters. The predicted octanol–water partition coefficient (Wildman–Crippen LogP) is 2.97. The average Bonchev–Trinajstić information content (AvgIpc) is 3.11. The van der Waals surface area contributed by atoms with Gasteiger partial charge in [0.25, 0.3) is 0 Å². The third kappa shape index (κ3) is 3.12. The van der Waals surface area contributed by atoms with E-state index in [1.54, 1.807) is 6.07 Å². The van der Waals surface area contributed by atoms with Gasteiger partial charge in [-0.1, -0.05) is 23.6 Å². The van der Waals surface area contributed by atoms with Crippen LogP contribution in [0.1, 0.15) is 19.2 Å². The van der Waals surface area contributed by atoms with E-state index in [0.29, 0.717) is 28.7 Å². The maximum atomic E-state index is 6.19. The van der Waals surface area contributed by atoms with Gasteiger partial charge in [0.15, 0.2) is 0 Å². The maximum Gasteiger partial charge on any atom is 0.320 e. The summed E-state index contributed by atoms with van der Waals surface area (Å²) in [6.45, 7) is 3.54. The monoisotopic (exact) mass is 324 g/mol. The number of hydrogen-bond acceptors (Lipinski definition) is 8. The second kappa shape index (κ2) is 6.33. The van der Waals surface area contributed by atoms with Crippen LogP contribution in [0.25, 0.3) is 11.0 Å². The topological polar surface area (TPSA) is 88.8 Å². The van der Waals surface area contributed by atoms with Crippen LogP contribution in [-0.2, 0) is 6.54 Å². The molecule has 0 saturated carbocycles. The van der Waals surface area contributed by atoms with Crippen molar-refractivity contribution in [3.8, 4) is 0 Å². The van der Waals surface area contributed by atoms with Crippen LogP contribution in [0.15, 0.2) is 16.5 Å². The third-order valence-electron chi connectivity index (χ3n) is 2.78. The lowest BCUT2D eigenvalue weighted by Crippen LogP contribution is -2.13. The van der Waals surface area contributed by atoms with E-state index in [9.17, 15) is 0 Å². The molecule has 2 aromatic heterocycles. The molecule has 110 valence electrons. The highest BCUT2D eigenvalue weighted by molar-refractivity contribution is 7.00. The minimum atomic E-state index is 0.283. The van der Waals surface area contributed by atoms with E-state index in [2.05, 4.69) is 36.5 Å². The number of halogens is 1. The first-order chi connectivity index (χ1) is 10.3. The van der Waals surface area contributed by atoms with Crippen molar-refractivity contribution in [2.45, 2.75) is 19.9 Å². The summed E-state index contributed by atoms with van der Waals surface area (Å²) in [6, 6.07) is 3.86. The van der Waals surface area contributed by atoms with Gasteiger partial charge < -0.3 is 15.1 Å². The number of benzene rings is 1. The van der Waals surface area contributed by atoms with Crippen LogP contribution in [0.3, 0.4) is 0 Å². The second-order valence-electron chi connectivity index (χ2n) is 4.36. The van der Waals surface area contributed by atoms with E-state index in [0.717, 1.165) is 30.2 Å². The Kier molecular flexibility index (Phi) is 4.28. The highest BCUT2D eigenvalue weighted by Crippen LogP contribution is 2.31. The molecular weight excluding hydrogens is 312 g/mol. The van der Waals surface area contributed by atoms with Crippen LogP contribution in [0, 0.1) is 0 Å². The average molecular weight is 325 g/mol. The summed E-state index contributed by atoms with van der Waals surface area (Å²) in [7, 11) is 0. The van der Waals surface area contributed by atoms with Crippen molar-refractivity contribution in [3.63, 3.8) is 0 Å². The Labute approximate surface area is 130 Å². The molecule has 0 unspecified atom stereocenters. The highest BCUT2D eigenvalue weighted by Gasteiger charge is 2.13. The van der Waals surface area contributed by atoms with Crippen molar-refractivity contribution in [1.29, 1.82) is 0 Å². The molecule has 0 radical (unpaired) electrons.